The Balaban J connectivity index is 2.09. The molecule has 6 nitrogen and oxygen atoms in total. The van der Waals surface area contributed by atoms with Crippen molar-refractivity contribution in [2.45, 2.75) is 12.5 Å². The quantitative estimate of drug-likeness (QED) is 0.774. The van der Waals surface area contributed by atoms with Gasteiger partial charge in [0.25, 0.3) is 0 Å². The smallest absolute Gasteiger partial charge is 0.173 e. The highest BCUT2D eigenvalue weighted by atomic mass is 32.2. The molecule has 1 N–H and O–H groups in total. The van der Waals surface area contributed by atoms with Crippen LogP contribution in [0.1, 0.15) is 6.42 Å². The molecule has 0 unspecified atom stereocenters. The van der Waals surface area contributed by atoms with Gasteiger partial charge in [0, 0.05) is 31.5 Å². The molecule has 128 valence electrons. The number of nitrogens with zero attached hydrogens (tertiary/aromatic N) is 1. The van der Waals surface area contributed by atoms with Crippen LogP contribution in [0.2, 0.25) is 0 Å². The number of hydrogen-bond donors (Lipinski definition) is 1. The molecule has 1 saturated heterocycles. The van der Waals surface area contributed by atoms with E-state index in [0.29, 0.717) is 24.7 Å². The van der Waals surface area contributed by atoms with Crippen LogP contribution in [0.4, 0.5) is 5.69 Å². The van der Waals surface area contributed by atoms with Gasteiger partial charge >= 0.3 is 0 Å². The van der Waals surface area contributed by atoms with Gasteiger partial charge in [0.2, 0.25) is 0 Å². The highest BCUT2D eigenvalue weighted by molar-refractivity contribution is 7.91. The molecule has 1 aliphatic heterocycles. The maximum Gasteiger partial charge on any atom is 0.173 e. The second-order valence-electron chi connectivity index (χ2n) is 5.41. The fourth-order valence-corrected chi connectivity index (χ4v) is 4.65. The van der Waals surface area contributed by atoms with Crippen molar-refractivity contribution in [3.05, 3.63) is 24.3 Å². The van der Waals surface area contributed by atoms with Crippen LogP contribution in [0, 0.1) is 0 Å². The first kappa shape index (κ1) is 18.0. The highest BCUT2D eigenvalue weighted by Gasteiger charge is 2.33. The Morgan fingerprint density at radius 3 is 2.83 bits per heavy atom. The van der Waals surface area contributed by atoms with E-state index in [1.54, 1.807) is 14.2 Å². The molecule has 0 radical (unpaired) electrons. The molecule has 1 aliphatic rings. The fraction of sp³-hybridized carbons (Fsp3) is 0.533. The van der Waals surface area contributed by atoms with Crippen molar-refractivity contribution in [3.63, 3.8) is 0 Å². The zero-order valence-corrected chi connectivity index (χ0v) is 15.0. The molecule has 0 spiro atoms. The summed E-state index contributed by atoms with van der Waals surface area (Å²) in [4.78, 5) is 1.91. The molecule has 1 aromatic carbocycles. The Labute approximate surface area is 142 Å². The van der Waals surface area contributed by atoms with Crippen molar-refractivity contribution in [3.8, 4) is 5.75 Å². The number of thiocarbonyl (C=S) groups is 1. The van der Waals surface area contributed by atoms with Crippen LogP contribution in [0.25, 0.3) is 0 Å². The predicted octanol–water partition coefficient (Wildman–Crippen LogP) is 1.53. The minimum atomic E-state index is -2.97. The molecule has 1 heterocycles. The second-order valence-corrected chi connectivity index (χ2v) is 8.02. The zero-order chi connectivity index (χ0) is 16.9. The molecule has 1 aromatic rings. The number of methoxy groups -OCH3 is 2. The number of rotatable bonds is 6. The minimum Gasteiger partial charge on any atom is -0.497 e. The van der Waals surface area contributed by atoms with Crippen LogP contribution < -0.4 is 10.1 Å². The standard InChI is InChI=1S/C15H22N2O4S2/c1-20-8-7-17(13-6-9-23(18,19)11-13)15(22)16-12-4-3-5-14(10-12)21-2/h3-5,10,13H,6-9,11H2,1-2H3,(H,16,22)/t13-/m0/s1. The average Bonchev–Trinajstić information content (AvgIpc) is 2.87. The van der Waals surface area contributed by atoms with E-state index in [9.17, 15) is 8.42 Å². The minimum absolute atomic E-state index is 0.110. The Morgan fingerprint density at radius 1 is 1.43 bits per heavy atom. The van der Waals surface area contributed by atoms with Crippen LogP contribution in [-0.4, -0.2) is 63.3 Å². The van der Waals surface area contributed by atoms with E-state index in [4.69, 9.17) is 21.7 Å². The molecule has 0 aliphatic carbocycles. The topological polar surface area (TPSA) is 67.9 Å². The molecule has 23 heavy (non-hydrogen) atoms. The number of sulfone groups is 1. The first-order valence-corrected chi connectivity index (χ1v) is 9.59. The van der Waals surface area contributed by atoms with Gasteiger partial charge in [-0.25, -0.2) is 8.42 Å². The number of hydrogen-bond acceptors (Lipinski definition) is 5. The Bertz CT molecular complexity index is 649. The Hall–Kier alpha value is -1.38. The van der Waals surface area contributed by atoms with Gasteiger partial charge in [0.1, 0.15) is 5.75 Å². The monoisotopic (exact) mass is 358 g/mol. The second kappa shape index (κ2) is 7.94. The third-order valence-corrected chi connectivity index (χ3v) is 5.85. The van der Waals surface area contributed by atoms with Crippen molar-refractivity contribution in [1.29, 1.82) is 0 Å². The maximum absolute atomic E-state index is 11.7. The van der Waals surface area contributed by atoms with Gasteiger partial charge in [-0.1, -0.05) is 6.07 Å². The van der Waals surface area contributed by atoms with Crippen molar-refractivity contribution in [2.75, 3.05) is 44.2 Å². The summed E-state index contributed by atoms with van der Waals surface area (Å²) in [5, 5.41) is 3.65. The van der Waals surface area contributed by atoms with Crippen molar-refractivity contribution in [1.82, 2.24) is 4.90 Å². The molecule has 2 rings (SSSR count). The predicted molar refractivity (Wildman–Crippen MR) is 94.9 cm³/mol. The van der Waals surface area contributed by atoms with Crippen molar-refractivity contribution >= 4 is 32.9 Å². The third-order valence-electron chi connectivity index (χ3n) is 3.77. The maximum atomic E-state index is 11.7. The molecule has 0 saturated carbocycles. The summed E-state index contributed by atoms with van der Waals surface area (Å²) in [6, 6.07) is 7.32. The van der Waals surface area contributed by atoms with E-state index in [0.717, 1.165) is 11.4 Å². The first-order chi connectivity index (χ1) is 10.9. The largest absolute Gasteiger partial charge is 0.497 e. The fourth-order valence-electron chi connectivity index (χ4n) is 2.56. The molecular weight excluding hydrogens is 336 g/mol. The van der Waals surface area contributed by atoms with Gasteiger partial charge in [0.05, 0.1) is 25.2 Å². The van der Waals surface area contributed by atoms with E-state index in [-0.39, 0.29) is 17.5 Å². The SMILES string of the molecule is COCCN(C(=S)Nc1cccc(OC)c1)[C@H]1CCS(=O)(=O)C1. The molecule has 8 heteroatoms. The van der Waals surface area contributed by atoms with Crippen LogP contribution in [0.15, 0.2) is 24.3 Å². The van der Waals surface area contributed by atoms with Gasteiger partial charge in [-0.05, 0) is 30.8 Å². The normalized spacial score (nSPS) is 19.3. The molecule has 1 atom stereocenters. The summed E-state index contributed by atoms with van der Waals surface area (Å²) in [6.07, 6.45) is 0.589. The summed E-state index contributed by atoms with van der Waals surface area (Å²) >= 11 is 5.49. The van der Waals surface area contributed by atoms with E-state index >= 15 is 0 Å². The molecule has 1 fully saturated rings. The lowest BCUT2D eigenvalue weighted by Crippen LogP contribution is -2.45. The molecule has 0 amide bonds. The van der Waals surface area contributed by atoms with Crippen LogP contribution in [0.3, 0.4) is 0 Å². The summed E-state index contributed by atoms with van der Waals surface area (Å²) in [5.41, 5.74) is 0.803. The van der Waals surface area contributed by atoms with Crippen LogP contribution in [-0.2, 0) is 14.6 Å². The van der Waals surface area contributed by atoms with Crippen molar-refractivity contribution < 1.29 is 17.9 Å². The van der Waals surface area contributed by atoms with E-state index < -0.39 is 9.84 Å². The van der Waals surface area contributed by atoms with E-state index in [2.05, 4.69) is 5.32 Å². The summed E-state index contributed by atoms with van der Waals surface area (Å²) in [6.45, 7) is 1.03. The number of ether oxygens (including phenoxy) is 2. The third kappa shape index (κ3) is 5.05. The van der Waals surface area contributed by atoms with Gasteiger partial charge in [-0.15, -0.1) is 0 Å². The average molecular weight is 358 g/mol. The molecular formula is C15H22N2O4S2. The lowest BCUT2D eigenvalue weighted by molar-refractivity contribution is 0.166. The Morgan fingerprint density at radius 2 is 2.22 bits per heavy atom. The van der Waals surface area contributed by atoms with Crippen LogP contribution >= 0.6 is 12.2 Å². The Kier molecular flexibility index (Phi) is 6.20. The van der Waals surface area contributed by atoms with Gasteiger partial charge in [0.15, 0.2) is 14.9 Å². The zero-order valence-electron chi connectivity index (χ0n) is 13.3. The summed E-state index contributed by atoms with van der Waals surface area (Å²) in [5.74, 6) is 1.07. The number of benzene rings is 1. The lowest BCUT2D eigenvalue weighted by atomic mass is 10.2. The first-order valence-electron chi connectivity index (χ1n) is 7.36. The lowest BCUT2D eigenvalue weighted by Gasteiger charge is -2.30. The van der Waals surface area contributed by atoms with Gasteiger partial charge in [-0.3, -0.25) is 0 Å². The molecule has 0 aromatic heterocycles. The van der Waals surface area contributed by atoms with E-state index in [1.165, 1.54) is 0 Å². The van der Waals surface area contributed by atoms with Crippen LogP contribution in [0.5, 0.6) is 5.75 Å². The van der Waals surface area contributed by atoms with Crippen molar-refractivity contribution in [2.24, 2.45) is 0 Å². The van der Waals surface area contributed by atoms with Gasteiger partial charge < -0.3 is 19.7 Å². The van der Waals surface area contributed by atoms with Gasteiger partial charge in [-0.2, -0.15) is 0 Å². The van der Waals surface area contributed by atoms with E-state index in [1.807, 2.05) is 29.2 Å². The number of nitrogens with one attached hydrogen (secondary N) is 1. The molecule has 0 bridgehead atoms. The summed E-state index contributed by atoms with van der Waals surface area (Å²) < 4.78 is 33.8. The highest BCUT2D eigenvalue weighted by Crippen LogP contribution is 2.21. The summed E-state index contributed by atoms with van der Waals surface area (Å²) in [7, 11) is 0.244. The number of anilines is 1.